The molecular weight excluding hydrogens is 546 g/mol. The molecule has 3 aromatic rings. The summed E-state index contributed by atoms with van der Waals surface area (Å²) >= 11 is 9.25. The summed E-state index contributed by atoms with van der Waals surface area (Å²) in [6.07, 6.45) is -6.28. The second-order valence-electron chi connectivity index (χ2n) is 6.98. The maximum Gasteiger partial charge on any atom is 0.416 e. The van der Waals surface area contributed by atoms with Crippen LogP contribution in [0.15, 0.2) is 53.0 Å². The van der Waals surface area contributed by atoms with Gasteiger partial charge in [0.25, 0.3) is 11.8 Å². The highest BCUT2D eigenvalue weighted by Gasteiger charge is 2.31. The molecule has 1 amide bonds. The monoisotopic (exact) mass is 559 g/mol. The second kappa shape index (κ2) is 10.5. The lowest BCUT2D eigenvalue weighted by molar-refractivity contribution is -0.137. The summed E-state index contributed by atoms with van der Waals surface area (Å²) in [6, 6.07) is 9.51. The van der Waals surface area contributed by atoms with E-state index in [1.165, 1.54) is 25.1 Å². The Morgan fingerprint density at radius 3 is 2.53 bits per heavy atom. The van der Waals surface area contributed by atoms with Gasteiger partial charge in [-0.15, -0.1) is 10.2 Å². The number of ketones is 1. The normalized spacial score (nSPS) is 12.2. The molecule has 12 heteroatoms. The van der Waals surface area contributed by atoms with Crippen molar-refractivity contribution in [1.29, 1.82) is 0 Å². The molecule has 0 bridgehead atoms. The van der Waals surface area contributed by atoms with Crippen LogP contribution in [0, 0.1) is 0 Å². The molecule has 0 aliphatic heterocycles. The molecule has 1 heterocycles. The van der Waals surface area contributed by atoms with Crippen LogP contribution in [0.25, 0.3) is 0 Å². The number of nitrogens with one attached hydrogen (secondary N) is 1. The quantitative estimate of drug-likeness (QED) is 0.269. The van der Waals surface area contributed by atoms with Crippen LogP contribution in [-0.4, -0.2) is 28.4 Å². The van der Waals surface area contributed by atoms with E-state index in [-0.39, 0.29) is 27.6 Å². The lowest BCUT2D eigenvalue weighted by atomic mass is 10.1. The number of benzene rings is 2. The van der Waals surface area contributed by atoms with E-state index in [1.54, 1.807) is 6.07 Å². The van der Waals surface area contributed by atoms with Gasteiger partial charge < -0.3 is 10.1 Å². The molecule has 6 nitrogen and oxygen atoms in total. The Bertz CT molecular complexity index is 1240. The van der Waals surface area contributed by atoms with E-state index in [0.29, 0.717) is 4.47 Å². The van der Waals surface area contributed by atoms with Gasteiger partial charge in [-0.3, -0.25) is 9.59 Å². The van der Waals surface area contributed by atoms with E-state index in [9.17, 15) is 27.2 Å². The average molecular weight is 561 g/mol. The number of nitrogens with zero attached hydrogens (tertiary/aromatic N) is 2. The number of aromatic nitrogens is 2. The molecule has 0 saturated heterocycles. The summed E-state index contributed by atoms with van der Waals surface area (Å²) < 4.78 is 59.7. The van der Waals surface area contributed by atoms with E-state index < -0.39 is 42.0 Å². The first-order valence-corrected chi connectivity index (χ1v) is 10.7. The maximum atomic E-state index is 14.7. The molecule has 0 radical (unpaired) electrons. The number of hydrogen-bond donors (Lipinski definition) is 1. The van der Waals surface area contributed by atoms with E-state index in [0.717, 1.165) is 24.3 Å². The summed E-state index contributed by atoms with van der Waals surface area (Å²) in [6.45, 7) is 0.701. The molecule has 0 aliphatic rings. The van der Waals surface area contributed by atoms with Crippen molar-refractivity contribution >= 4 is 39.2 Å². The van der Waals surface area contributed by atoms with Crippen LogP contribution in [0.4, 0.5) is 17.6 Å². The number of carbonyl (C=O) groups excluding carboxylic acids is 2. The molecule has 1 unspecified atom stereocenters. The number of hydrogen-bond acceptors (Lipinski definition) is 5. The molecule has 0 aliphatic carbocycles. The molecule has 1 N–H and O–H groups in total. The number of alkyl halides is 4. The van der Waals surface area contributed by atoms with E-state index in [4.69, 9.17) is 16.3 Å². The first-order valence-electron chi connectivity index (χ1n) is 9.56. The van der Waals surface area contributed by atoms with Crippen molar-refractivity contribution in [3.8, 4) is 11.6 Å². The predicted molar refractivity (Wildman–Crippen MR) is 119 cm³/mol. The third kappa shape index (κ3) is 6.29. The molecule has 2 aromatic carbocycles. The molecule has 34 heavy (non-hydrogen) atoms. The van der Waals surface area contributed by atoms with Crippen LogP contribution in [-0.2, 0) is 6.18 Å². The minimum atomic E-state index is -4.62. The van der Waals surface area contributed by atoms with Gasteiger partial charge in [0.05, 0.1) is 12.1 Å². The van der Waals surface area contributed by atoms with Crippen molar-refractivity contribution in [2.75, 3.05) is 6.54 Å². The van der Waals surface area contributed by atoms with Crippen LogP contribution >= 0.6 is 27.5 Å². The lowest BCUT2D eigenvalue weighted by Gasteiger charge is -2.14. The van der Waals surface area contributed by atoms with Crippen LogP contribution in [0.2, 0.25) is 5.02 Å². The summed E-state index contributed by atoms with van der Waals surface area (Å²) in [7, 11) is 0. The number of amides is 1. The Morgan fingerprint density at radius 1 is 1.15 bits per heavy atom. The first-order chi connectivity index (χ1) is 16.0. The van der Waals surface area contributed by atoms with Gasteiger partial charge in [-0.2, -0.15) is 13.2 Å². The minimum absolute atomic E-state index is 0.142. The van der Waals surface area contributed by atoms with Gasteiger partial charge in [-0.05, 0) is 36.4 Å². The van der Waals surface area contributed by atoms with Gasteiger partial charge in [0.2, 0.25) is 0 Å². The number of Topliss-reactive ketones (excluding diaryl/α,β-unsaturated/α-hetero) is 1. The maximum absolute atomic E-state index is 14.7. The van der Waals surface area contributed by atoms with E-state index in [1.807, 2.05) is 0 Å². The van der Waals surface area contributed by atoms with Crippen molar-refractivity contribution in [3.63, 3.8) is 0 Å². The lowest BCUT2D eigenvalue weighted by Crippen LogP contribution is -2.28. The summed E-state index contributed by atoms with van der Waals surface area (Å²) in [5.74, 6) is -2.12. The van der Waals surface area contributed by atoms with Gasteiger partial charge in [-0.1, -0.05) is 39.7 Å². The molecule has 3 rings (SSSR count). The zero-order chi connectivity index (χ0) is 25.0. The van der Waals surface area contributed by atoms with Crippen molar-refractivity contribution in [2.45, 2.75) is 19.3 Å². The minimum Gasteiger partial charge on any atom is -0.437 e. The number of halogens is 6. The summed E-state index contributed by atoms with van der Waals surface area (Å²) in [5, 5.41) is 9.78. The first kappa shape index (κ1) is 25.6. The summed E-state index contributed by atoms with van der Waals surface area (Å²) in [4.78, 5) is 24.5. The van der Waals surface area contributed by atoms with Crippen LogP contribution < -0.4 is 10.1 Å². The van der Waals surface area contributed by atoms with Gasteiger partial charge in [0.1, 0.15) is 23.2 Å². The fourth-order valence-electron chi connectivity index (χ4n) is 2.78. The van der Waals surface area contributed by atoms with Crippen molar-refractivity contribution in [3.05, 3.63) is 80.4 Å². The molecule has 1 atom stereocenters. The van der Waals surface area contributed by atoms with Crippen molar-refractivity contribution in [2.24, 2.45) is 0 Å². The molecule has 178 valence electrons. The third-order valence-corrected chi connectivity index (χ3v) is 5.30. The zero-order valence-electron chi connectivity index (χ0n) is 17.3. The molecular formula is C22H15BrClF4N3O3. The summed E-state index contributed by atoms with van der Waals surface area (Å²) in [5.41, 5.74) is -1.33. The van der Waals surface area contributed by atoms with Gasteiger partial charge in [0.15, 0.2) is 5.78 Å². The molecule has 0 fully saturated rings. The average Bonchev–Trinajstić information content (AvgIpc) is 2.77. The Morgan fingerprint density at radius 2 is 1.88 bits per heavy atom. The molecule has 1 aromatic heterocycles. The largest absolute Gasteiger partial charge is 0.437 e. The molecule has 0 spiro atoms. The SMILES string of the molecule is CC(=O)c1cc(C(=O)NCC(F)c2ccc(Br)cc2Cl)c(Oc2cccc(C(F)(F)F)c2)nn1. The van der Waals surface area contributed by atoms with Crippen LogP contribution in [0.5, 0.6) is 11.6 Å². The Kier molecular flexibility index (Phi) is 7.88. The fraction of sp³-hybridized carbons (Fsp3) is 0.182. The number of ether oxygens (including phenoxy) is 1. The Labute approximate surface area is 204 Å². The topological polar surface area (TPSA) is 81.2 Å². The Hall–Kier alpha value is -3.05. The van der Waals surface area contributed by atoms with Crippen molar-refractivity contribution in [1.82, 2.24) is 15.5 Å². The molecule has 0 saturated carbocycles. The van der Waals surface area contributed by atoms with Crippen LogP contribution in [0.3, 0.4) is 0 Å². The third-order valence-electron chi connectivity index (χ3n) is 4.48. The second-order valence-corrected chi connectivity index (χ2v) is 8.30. The van der Waals surface area contributed by atoms with Gasteiger partial charge in [-0.25, -0.2) is 4.39 Å². The number of rotatable bonds is 7. The van der Waals surface area contributed by atoms with Gasteiger partial charge in [0, 0.05) is 22.0 Å². The smallest absolute Gasteiger partial charge is 0.416 e. The van der Waals surface area contributed by atoms with Gasteiger partial charge >= 0.3 is 6.18 Å². The van der Waals surface area contributed by atoms with E-state index >= 15 is 0 Å². The Balaban J connectivity index is 1.85. The number of carbonyl (C=O) groups is 2. The van der Waals surface area contributed by atoms with Crippen molar-refractivity contribution < 1.29 is 31.9 Å². The van der Waals surface area contributed by atoms with E-state index in [2.05, 4.69) is 31.4 Å². The fourth-order valence-corrected chi connectivity index (χ4v) is 3.57. The highest BCUT2D eigenvalue weighted by molar-refractivity contribution is 9.10. The highest BCUT2D eigenvalue weighted by Crippen LogP contribution is 2.33. The predicted octanol–water partition coefficient (Wildman–Crippen LogP) is 6.35. The zero-order valence-corrected chi connectivity index (χ0v) is 19.6. The standard InChI is InChI=1S/C22H15BrClF4N3O3/c1-11(32)19-9-16(20(33)29-10-18(25)15-6-5-13(23)8-17(15)24)21(31-30-19)34-14-4-2-3-12(7-14)22(26,27)28/h2-9,18H,10H2,1H3,(H,29,33). The van der Waals surface area contributed by atoms with Crippen LogP contribution in [0.1, 0.15) is 45.1 Å². The highest BCUT2D eigenvalue weighted by atomic mass is 79.9.